The molecular formula is C17H15ClN2O4. The standard InChI is InChI=1S/C17H15ClN2O4/c1-10(21)12-5-7-13(8-6-12)20-16(22)11(2)24-17(23)14-4-3-9-19-15(14)18/h3-9,11H,1-2H3,(H,20,22)/t11-/m0/s1. The van der Waals surface area contributed by atoms with Gasteiger partial charge in [0.1, 0.15) is 5.15 Å². The van der Waals surface area contributed by atoms with Crippen LogP contribution in [0.5, 0.6) is 0 Å². The summed E-state index contributed by atoms with van der Waals surface area (Å²) >= 11 is 5.81. The second-order valence-electron chi connectivity index (χ2n) is 5.01. The van der Waals surface area contributed by atoms with Crippen LogP contribution in [0.3, 0.4) is 0 Å². The van der Waals surface area contributed by atoms with Crippen LogP contribution >= 0.6 is 11.6 Å². The average molecular weight is 347 g/mol. The Morgan fingerprint density at radius 1 is 1.17 bits per heavy atom. The van der Waals surface area contributed by atoms with Crippen molar-refractivity contribution >= 4 is 34.9 Å². The lowest BCUT2D eigenvalue weighted by molar-refractivity contribution is -0.123. The molecule has 1 N–H and O–H groups in total. The van der Waals surface area contributed by atoms with Crippen LogP contribution in [-0.4, -0.2) is 28.7 Å². The van der Waals surface area contributed by atoms with Crippen molar-refractivity contribution < 1.29 is 19.1 Å². The van der Waals surface area contributed by atoms with Crippen molar-refractivity contribution in [3.63, 3.8) is 0 Å². The van der Waals surface area contributed by atoms with Crippen molar-refractivity contribution in [2.24, 2.45) is 0 Å². The largest absolute Gasteiger partial charge is 0.449 e. The highest BCUT2D eigenvalue weighted by Crippen LogP contribution is 2.15. The van der Waals surface area contributed by atoms with E-state index in [1.165, 1.54) is 26.1 Å². The lowest BCUT2D eigenvalue weighted by atomic mass is 10.1. The molecule has 0 aliphatic rings. The molecule has 0 radical (unpaired) electrons. The third kappa shape index (κ3) is 4.39. The van der Waals surface area contributed by atoms with Gasteiger partial charge in [-0.2, -0.15) is 0 Å². The van der Waals surface area contributed by atoms with Crippen molar-refractivity contribution in [3.05, 3.63) is 58.9 Å². The fourth-order valence-corrected chi connectivity index (χ4v) is 2.04. The van der Waals surface area contributed by atoms with Crippen LogP contribution < -0.4 is 5.32 Å². The Hall–Kier alpha value is -2.73. The summed E-state index contributed by atoms with van der Waals surface area (Å²) in [7, 11) is 0. The summed E-state index contributed by atoms with van der Waals surface area (Å²) in [6.45, 7) is 2.90. The Morgan fingerprint density at radius 3 is 2.42 bits per heavy atom. The van der Waals surface area contributed by atoms with Crippen LogP contribution in [0.2, 0.25) is 5.15 Å². The number of ether oxygens (including phenoxy) is 1. The van der Waals surface area contributed by atoms with Crippen LogP contribution in [-0.2, 0) is 9.53 Å². The molecule has 1 aromatic heterocycles. The molecule has 1 heterocycles. The van der Waals surface area contributed by atoms with Gasteiger partial charge in [-0.05, 0) is 50.2 Å². The van der Waals surface area contributed by atoms with E-state index in [-0.39, 0.29) is 16.5 Å². The van der Waals surface area contributed by atoms with Gasteiger partial charge < -0.3 is 10.1 Å². The molecule has 0 saturated heterocycles. The first-order valence-corrected chi connectivity index (χ1v) is 7.49. The molecule has 2 aromatic rings. The number of pyridine rings is 1. The average Bonchev–Trinajstić information content (AvgIpc) is 2.55. The maximum absolute atomic E-state index is 12.1. The SMILES string of the molecule is CC(=O)c1ccc(NC(=O)[C@H](C)OC(=O)c2cccnc2Cl)cc1. The summed E-state index contributed by atoms with van der Waals surface area (Å²) in [5.74, 6) is -1.30. The van der Waals surface area contributed by atoms with Crippen molar-refractivity contribution in [2.75, 3.05) is 5.32 Å². The predicted molar refractivity (Wildman–Crippen MR) is 89.2 cm³/mol. The molecule has 1 atom stereocenters. The van der Waals surface area contributed by atoms with Crippen LogP contribution in [0.1, 0.15) is 34.6 Å². The monoisotopic (exact) mass is 346 g/mol. The van der Waals surface area contributed by atoms with Crippen molar-refractivity contribution in [3.8, 4) is 0 Å². The number of aromatic nitrogens is 1. The number of rotatable bonds is 5. The van der Waals surface area contributed by atoms with Gasteiger partial charge in [-0.15, -0.1) is 0 Å². The maximum atomic E-state index is 12.1. The second kappa shape index (κ2) is 7.70. The van der Waals surface area contributed by atoms with E-state index in [1.54, 1.807) is 30.3 Å². The number of hydrogen-bond donors (Lipinski definition) is 1. The molecule has 2 rings (SSSR count). The quantitative estimate of drug-likeness (QED) is 0.510. The van der Waals surface area contributed by atoms with E-state index in [0.717, 1.165) is 0 Å². The molecule has 24 heavy (non-hydrogen) atoms. The van der Waals surface area contributed by atoms with E-state index in [4.69, 9.17) is 16.3 Å². The number of esters is 1. The fourth-order valence-electron chi connectivity index (χ4n) is 1.85. The topological polar surface area (TPSA) is 85.4 Å². The van der Waals surface area contributed by atoms with E-state index in [2.05, 4.69) is 10.3 Å². The third-order valence-corrected chi connectivity index (χ3v) is 3.49. The first-order valence-electron chi connectivity index (χ1n) is 7.12. The van der Waals surface area contributed by atoms with Gasteiger partial charge in [0, 0.05) is 17.4 Å². The number of halogens is 1. The number of ketones is 1. The van der Waals surface area contributed by atoms with Gasteiger partial charge in [0.25, 0.3) is 5.91 Å². The van der Waals surface area contributed by atoms with E-state index < -0.39 is 18.0 Å². The molecule has 1 amide bonds. The molecule has 1 aromatic carbocycles. The number of carbonyl (C=O) groups excluding carboxylic acids is 3. The maximum Gasteiger partial charge on any atom is 0.342 e. The zero-order valence-electron chi connectivity index (χ0n) is 13.1. The second-order valence-corrected chi connectivity index (χ2v) is 5.37. The van der Waals surface area contributed by atoms with Gasteiger partial charge in [0.15, 0.2) is 11.9 Å². The van der Waals surface area contributed by atoms with Gasteiger partial charge in [-0.1, -0.05) is 11.6 Å². The van der Waals surface area contributed by atoms with Gasteiger partial charge in [0.05, 0.1) is 5.56 Å². The normalized spacial score (nSPS) is 11.5. The zero-order valence-corrected chi connectivity index (χ0v) is 13.8. The first kappa shape index (κ1) is 17.6. The van der Waals surface area contributed by atoms with Crippen LogP contribution in [0.25, 0.3) is 0 Å². The smallest absolute Gasteiger partial charge is 0.342 e. The van der Waals surface area contributed by atoms with E-state index in [1.807, 2.05) is 0 Å². The zero-order chi connectivity index (χ0) is 17.7. The molecule has 0 fully saturated rings. The summed E-state index contributed by atoms with van der Waals surface area (Å²) in [4.78, 5) is 39.1. The number of nitrogens with one attached hydrogen (secondary N) is 1. The van der Waals surface area contributed by atoms with Gasteiger partial charge in [-0.25, -0.2) is 9.78 Å². The summed E-state index contributed by atoms with van der Waals surface area (Å²) in [6, 6.07) is 9.41. The molecule has 0 bridgehead atoms. The van der Waals surface area contributed by atoms with Gasteiger partial charge in [-0.3, -0.25) is 9.59 Å². The molecular weight excluding hydrogens is 332 g/mol. The number of anilines is 1. The van der Waals surface area contributed by atoms with Crippen LogP contribution in [0, 0.1) is 0 Å². The summed E-state index contributed by atoms with van der Waals surface area (Å²) in [5, 5.41) is 2.61. The lowest BCUT2D eigenvalue weighted by Gasteiger charge is -2.14. The highest BCUT2D eigenvalue weighted by atomic mass is 35.5. The minimum atomic E-state index is -1.03. The van der Waals surface area contributed by atoms with Gasteiger partial charge >= 0.3 is 5.97 Å². The Morgan fingerprint density at radius 2 is 1.83 bits per heavy atom. The molecule has 0 unspecified atom stereocenters. The number of amides is 1. The molecule has 7 heteroatoms. The summed E-state index contributed by atoms with van der Waals surface area (Å²) < 4.78 is 5.08. The van der Waals surface area contributed by atoms with E-state index >= 15 is 0 Å². The molecule has 0 aliphatic carbocycles. The fraction of sp³-hybridized carbons (Fsp3) is 0.176. The van der Waals surface area contributed by atoms with Crippen molar-refractivity contribution in [1.29, 1.82) is 0 Å². The lowest BCUT2D eigenvalue weighted by Crippen LogP contribution is -2.30. The van der Waals surface area contributed by atoms with Crippen LogP contribution in [0.4, 0.5) is 5.69 Å². The van der Waals surface area contributed by atoms with E-state index in [9.17, 15) is 14.4 Å². The minimum Gasteiger partial charge on any atom is -0.449 e. The van der Waals surface area contributed by atoms with E-state index in [0.29, 0.717) is 11.3 Å². The Balaban J connectivity index is 1.98. The Kier molecular flexibility index (Phi) is 5.65. The molecule has 0 saturated carbocycles. The minimum absolute atomic E-state index is 0.00919. The molecule has 6 nitrogen and oxygen atoms in total. The van der Waals surface area contributed by atoms with Gasteiger partial charge in [0.2, 0.25) is 0 Å². The molecule has 0 aliphatic heterocycles. The summed E-state index contributed by atoms with van der Waals surface area (Å²) in [5.41, 5.74) is 1.12. The van der Waals surface area contributed by atoms with Crippen molar-refractivity contribution in [2.45, 2.75) is 20.0 Å². The highest BCUT2D eigenvalue weighted by molar-refractivity contribution is 6.32. The first-order chi connectivity index (χ1) is 11.4. The van der Waals surface area contributed by atoms with Crippen molar-refractivity contribution in [1.82, 2.24) is 4.98 Å². The highest BCUT2D eigenvalue weighted by Gasteiger charge is 2.21. The third-order valence-electron chi connectivity index (χ3n) is 3.19. The number of Topliss-reactive ketones (excluding diaryl/α,β-unsaturated/α-hetero) is 1. The molecule has 0 spiro atoms. The Bertz CT molecular complexity index is 774. The predicted octanol–water partition coefficient (Wildman–Crippen LogP) is 3.12. The number of nitrogens with zero attached hydrogens (tertiary/aromatic N) is 1. The van der Waals surface area contributed by atoms with Crippen LogP contribution in [0.15, 0.2) is 42.6 Å². The number of hydrogen-bond acceptors (Lipinski definition) is 5. The Labute approximate surface area is 143 Å². The summed E-state index contributed by atoms with van der Waals surface area (Å²) in [6.07, 6.45) is 0.418. The molecule has 124 valence electrons. The number of carbonyl (C=O) groups is 3. The number of benzene rings is 1.